The Morgan fingerprint density at radius 1 is 1.14 bits per heavy atom. The molecule has 0 N–H and O–H groups in total. The normalized spacial score (nSPS) is 18.0. The topological polar surface area (TPSA) is 114 Å². The van der Waals surface area contributed by atoms with Gasteiger partial charge in [0.05, 0.1) is 18.6 Å². The summed E-state index contributed by atoms with van der Waals surface area (Å²) in [5.41, 5.74) is -0.764. The fourth-order valence-corrected chi connectivity index (χ4v) is 0.978. The molecule has 0 amide bonds. The highest BCUT2D eigenvalue weighted by molar-refractivity contribution is 4.84. The van der Waals surface area contributed by atoms with E-state index in [9.17, 15) is 20.2 Å². The largest absolute Gasteiger partial charge is 0.380 e. The molecule has 0 radical (unpaired) electrons. The van der Waals surface area contributed by atoms with Gasteiger partial charge in [-0.1, -0.05) is 0 Å². The minimum atomic E-state index is -0.952. The molecule has 0 unspecified atom stereocenters. The second-order valence-electron chi connectivity index (χ2n) is 2.99. The molecular weight excluding hydrogens is 200 g/mol. The molecule has 1 heterocycles. The van der Waals surface area contributed by atoms with Crippen molar-refractivity contribution in [2.24, 2.45) is 5.41 Å². The predicted octanol–water partition coefficient (Wildman–Crippen LogP) is -0.580. The first-order valence-corrected chi connectivity index (χ1v) is 3.66. The fourth-order valence-electron chi connectivity index (χ4n) is 0.978. The number of hydrogen-bond acceptors (Lipinski definition) is 7. The van der Waals surface area contributed by atoms with E-state index < -0.39 is 15.6 Å². The van der Waals surface area contributed by atoms with Crippen molar-refractivity contribution < 1.29 is 24.6 Å². The Hall–Kier alpha value is -1.64. The molecule has 9 heteroatoms. The summed E-state index contributed by atoms with van der Waals surface area (Å²) < 4.78 is 4.80. The number of ether oxygens (including phenoxy) is 1. The SMILES string of the molecule is O=[N+]([O-])OCC1(CO[N+](=O)[O-])COC1. The minimum Gasteiger partial charge on any atom is -0.380 e. The average molecular weight is 208 g/mol. The first-order chi connectivity index (χ1) is 6.54. The van der Waals surface area contributed by atoms with Crippen LogP contribution in [-0.2, 0) is 14.4 Å². The minimum absolute atomic E-state index is 0.161. The van der Waals surface area contributed by atoms with Gasteiger partial charge in [-0.2, -0.15) is 0 Å². The first kappa shape index (κ1) is 10.4. The molecule has 80 valence electrons. The molecule has 0 atom stereocenters. The van der Waals surface area contributed by atoms with E-state index in [2.05, 4.69) is 9.68 Å². The summed E-state index contributed by atoms with van der Waals surface area (Å²) >= 11 is 0. The Bertz CT molecular complexity index is 218. The van der Waals surface area contributed by atoms with E-state index in [0.717, 1.165) is 0 Å². The summed E-state index contributed by atoms with van der Waals surface area (Å²) in [5, 5.41) is 17.9. The van der Waals surface area contributed by atoms with Crippen LogP contribution in [0.2, 0.25) is 0 Å². The van der Waals surface area contributed by atoms with Crippen molar-refractivity contribution in [3.05, 3.63) is 20.2 Å². The van der Waals surface area contributed by atoms with Gasteiger partial charge in [-0.25, -0.2) is 0 Å². The van der Waals surface area contributed by atoms with E-state index in [4.69, 9.17) is 4.74 Å². The van der Waals surface area contributed by atoms with Crippen LogP contribution in [0.25, 0.3) is 0 Å². The van der Waals surface area contributed by atoms with Gasteiger partial charge in [-0.15, -0.1) is 20.2 Å². The molecule has 14 heavy (non-hydrogen) atoms. The average Bonchev–Trinajstić information content (AvgIpc) is 2.01. The number of rotatable bonds is 6. The highest BCUT2D eigenvalue weighted by atomic mass is 17.0. The highest BCUT2D eigenvalue weighted by Gasteiger charge is 2.41. The fraction of sp³-hybridized carbons (Fsp3) is 1.00. The Labute approximate surface area is 77.7 Å². The lowest BCUT2D eigenvalue weighted by molar-refractivity contribution is -0.773. The summed E-state index contributed by atoms with van der Waals surface area (Å²) in [5.74, 6) is 0. The zero-order valence-electron chi connectivity index (χ0n) is 7.08. The van der Waals surface area contributed by atoms with Crippen LogP contribution in [0.5, 0.6) is 0 Å². The molecule has 1 aliphatic rings. The zero-order chi connectivity index (χ0) is 10.6. The molecule has 0 saturated carbocycles. The van der Waals surface area contributed by atoms with Crippen molar-refractivity contribution >= 4 is 0 Å². The van der Waals surface area contributed by atoms with Crippen LogP contribution in [0, 0.1) is 25.6 Å². The van der Waals surface area contributed by atoms with Gasteiger partial charge in [-0.3, -0.25) is 0 Å². The molecular formula is C5H8N2O7. The van der Waals surface area contributed by atoms with Gasteiger partial charge in [0, 0.05) is 0 Å². The molecule has 1 saturated heterocycles. The van der Waals surface area contributed by atoms with E-state index >= 15 is 0 Å². The van der Waals surface area contributed by atoms with Crippen LogP contribution in [0.4, 0.5) is 0 Å². The lowest BCUT2D eigenvalue weighted by atomic mass is 9.88. The molecule has 0 aromatic rings. The second-order valence-corrected chi connectivity index (χ2v) is 2.99. The van der Waals surface area contributed by atoms with E-state index in [-0.39, 0.29) is 26.4 Å². The molecule has 0 bridgehead atoms. The van der Waals surface area contributed by atoms with Crippen LogP contribution in [0.3, 0.4) is 0 Å². The molecule has 9 nitrogen and oxygen atoms in total. The van der Waals surface area contributed by atoms with Crippen molar-refractivity contribution in [1.29, 1.82) is 0 Å². The van der Waals surface area contributed by atoms with Gasteiger partial charge in [0.15, 0.2) is 0 Å². The van der Waals surface area contributed by atoms with Crippen LogP contribution < -0.4 is 0 Å². The summed E-state index contributed by atoms with van der Waals surface area (Å²) in [6, 6.07) is 0. The predicted molar refractivity (Wildman–Crippen MR) is 39.1 cm³/mol. The third-order valence-electron chi connectivity index (χ3n) is 1.77. The number of nitrogens with zero attached hydrogens (tertiary/aromatic N) is 2. The van der Waals surface area contributed by atoms with E-state index in [0.29, 0.717) is 0 Å². The Balaban J connectivity index is 2.33. The Morgan fingerprint density at radius 2 is 1.57 bits per heavy atom. The van der Waals surface area contributed by atoms with Gasteiger partial charge in [0.1, 0.15) is 13.2 Å². The number of hydrogen-bond donors (Lipinski definition) is 0. The smallest absolute Gasteiger partial charge is 0.294 e. The summed E-state index contributed by atoms with van der Waals surface area (Å²) in [6.07, 6.45) is 0. The van der Waals surface area contributed by atoms with Gasteiger partial charge in [-0.05, 0) is 0 Å². The molecule has 0 aliphatic carbocycles. The summed E-state index contributed by atoms with van der Waals surface area (Å²) in [6.45, 7) is -0.189. The van der Waals surface area contributed by atoms with Crippen LogP contribution in [0.15, 0.2) is 0 Å². The van der Waals surface area contributed by atoms with Crippen LogP contribution in [0.1, 0.15) is 0 Å². The van der Waals surface area contributed by atoms with Crippen LogP contribution in [-0.4, -0.2) is 36.6 Å². The lowest BCUT2D eigenvalue weighted by Crippen LogP contribution is -2.50. The van der Waals surface area contributed by atoms with E-state index in [1.54, 1.807) is 0 Å². The van der Waals surface area contributed by atoms with Crippen molar-refractivity contribution in [1.82, 2.24) is 0 Å². The van der Waals surface area contributed by atoms with E-state index in [1.165, 1.54) is 0 Å². The Morgan fingerprint density at radius 3 is 1.79 bits per heavy atom. The van der Waals surface area contributed by atoms with Crippen molar-refractivity contribution in [2.45, 2.75) is 0 Å². The summed E-state index contributed by atoms with van der Waals surface area (Å²) in [7, 11) is 0. The van der Waals surface area contributed by atoms with Crippen molar-refractivity contribution in [3.63, 3.8) is 0 Å². The lowest BCUT2D eigenvalue weighted by Gasteiger charge is -2.39. The molecule has 0 aromatic carbocycles. The molecule has 1 rings (SSSR count). The molecule has 0 aromatic heterocycles. The highest BCUT2D eigenvalue weighted by Crippen LogP contribution is 2.28. The van der Waals surface area contributed by atoms with Gasteiger partial charge in [0.2, 0.25) is 0 Å². The van der Waals surface area contributed by atoms with Gasteiger partial charge in [0.25, 0.3) is 10.2 Å². The van der Waals surface area contributed by atoms with E-state index in [1.807, 2.05) is 0 Å². The molecule has 1 fully saturated rings. The Kier molecular flexibility index (Phi) is 3.02. The maximum absolute atomic E-state index is 9.89. The van der Waals surface area contributed by atoms with Gasteiger partial charge >= 0.3 is 0 Å². The summed E-state index contributed by atoms with van der Waals surface area (Å²) in [4.78, 5) is 28.0. The van der Waals surface area contributed by atoms with Crippen molar-refractivity contribution in [3.8, 4) is 0 Å². The maximum atomic E-state index is 9.89. The quantitative estimate of drug-likeness (QED) is 0.423. The van der Waals surface area contributed by atoms with Crippen LogP contribution >= 0.6 is 0 Å². The zero-order valence-corrected chi connectivity index (χ0v) is 7.08. The second kappa shape index (κ2) is 4.05. The van der Waals surface area contributed by atoms with Gasteiger partial charge < -0.3 is 14.4 Å². The maximum Gasteiger partial charge on any atom is 0.294 e. The monoisotopic (exact) mass is 208 g/mol. The first-order valence-electron chi connectivity index (χ1n) is 3.66. The molecule has 1 aliphatic heterocycles. The third-order valence-corrected chi connectivity index (χ3v) is 1.77. The third kappa shape index (κ3) is 2.69. The van der Waals surface area contributed by atoms with Crippen molar-refractivity contribution in [2.75, 3.05) is 26.4 Å². The molecule has 0 spiro atoms. The standard InChI is InChI=1S/C5H8N2O7/c8-6(9)13-3-5(1-12-2-5)4-14-7(10)11/h1-4H2.